The van der Waals surface area contributed by atoms with Crippen LogP contribution in [0.25, 0.3) is 0 Å². The first-order chi connectivity index (χ1) is 7.25. The maximum atomic E-state index is 7.39. The molecule has 0 aliphatic rings. The fourth-order valence-electron chi connectivity index (χ4n) is 1.20. The van der Waals surface area contributed by atoms with Gasteiger partial charge in [0.05, 0.1) is 12.2 Å². The number of nitrogen functional groups attached to an aromatic ring is 1. The Morgan fingerprint density at radius 2 is 2.20 bits per heavy atom. The quantitative estimate of drug-likeness (QED) is 0.442. The molecular formula is C11H16N2OS. The van der Waals surface area contributed by atoms with Crippen LogP contribution >= 0.6 is 11.8 Å². The maximum Gasteiger partial charge on any atom is 0.130 e. The Morgan fingerprint density at radius 1 is 1.47 bits per heavy atom. The van der Waals surface area contributed by atoms with Gasteiger partial charge in [-0.25, -0.2) is 0 Å². The van der Waals surface area contributed by atoms with E-state index in [1.54, 1.807) is 17.8 Å². The molecule has 1 rings (SSSR count). The second-order valence-electron chi connectivity index (χ2n) is 3.10. The summed E-state index contributed by atoms with van der Waals surface area (Å²) in [6, 6.07) is 7.38. The van der Waals surface area contributed by atoms with Gasteiger partial charge in [-0.3, -0.25) is 5.41 Å². The molecule has 0 heterocycles. The highest BCUT2D eigenvalue weighted by Crippen LogP contribution is 2.17. The van der Waals surface area contributed by atoms with Crippen molar-refractivity contribution in [3.05, 3.63) is 29.8 Å². The van der Waals surface area contributed by atoms with Gasteiger partial charge in [0.15, 0.2) is 0 Å². The van der Waals surface area contributed by atoms with Crippen molar-refractivity contribution in [2.45, 2.75) is 6.42 Å². The van der Waals surface area contributed by atoms with E-state index in [9.17, 15) is 0 Å². The molecule has 15 heavy (non-hydrogen) atoms. The van der Waals surface area contributed by atoms with Gasteiger partial charge in [-0.05, 0) is 30.6 Å². The minimum Gasteiger partial charge on any atom is -0.493 e. The zero-order valence-corrected chi connectivity index (χ0v) is 9.64. The highest BCUT2D eigenvalue weighted by Gasteiger charge is 2.04. The topological polar surface area (TPSA) is 59.1 Å². The zero-order valence-electron chi connectivity index (χ0n) is 8.82. The highest BCUT2D eigenvalue weighted by atomic mass is 32.2. The third-order valence-electron chi connectivity index (χ3n) is 1.93. The number of hydrogen-bond donors (Lipinski definition) is 2. The number of benzene rings is 1. The summed E-state index contributed by atoms with van der Waals surface area (Å²) in [5.74, 6) is 1.84. The van der Waals surface area contributed by atoms with Gasteiger partial charge in [0.25, 0.3) is 0 Å². The Balaban J connectivity index is 2.56. The van der Waals surface area contributed by atoms with Crippen LogP contribution in [0.3, 0.4) is 0 Å². The SMILES string of the molecule is CSCCCOc1ccccc1C(=N)N. The zero-order chi connectivity index (χ0) is 11.1. The van der Waals surface area contributed by atoms with Crippen molar-refractivity contribution in [3.8, 4) is 5.75 Å². The number of para-hydroxylation sites is 1. The highest BCUT2D eigenvalue weighted by molar-refractivity contribution is 7.98. The average Bonchev–Trinajstić information content (AvgIpc) is 2.25. The van der Waals surface area contributed by atoms with Gasteiger partial charge < -0.3 is 10.5 Å². The number of rotatable bonds is 6. The van der Waals surface area contributed by atoms with Gasteiger partial charge in [-0.15, -0.1) is 0 Å². The van der Waals surface area contributed by atoms with Crippen LogP contribution in [0.5, 0.6) is 5.75 Å². The molecule has 82 valence electrons. The molecule has 4 heteroatoms. The first-order valence-electron chi connectivity index (χ1n) is 4.81. The third-order valence-corrected chi connectivity index (χ3v) is 2.62. The van der Waals surface area contributed by atoms with E-state index in [0.717, 1.165) is 12.2 Å². The number of nitrogens with one attached hydrogen (secondary N) is 1. The molecule has 0 aliphatic carbocycles. The molecule has 0 aromatic heterocycles. The lowest BCUT2D eigenvalue weighted by molar-refractivity contribution is 0.318. The summed E-state index contributed by atoms with van der Waals surface area (Å²) in [7, 11) is 0. The fourth-order valence-corrected chi connectivity index (χ4v) is 1.61. The Hall–Kier alpha value is -1.16. The third kappa shape index (κ3) is 3.83. The first kappa shape index (κ1) is 11.9. The number of nitrogens with two attached hydrogens (primary N) is 1. The van der Waals surface area contributed by atoms with Crippen molar-refractivity contribution in [3.63, 3.8) is 0 Å². The van der Waals surface area contributed by atoms with Gasteiger partial charge in [0, 0.05) is 0 Å². The minimum atomic E-state index is 0.0514. The van der Waals surface area contributed by atoms with Crippen LogP contribution in [-0.2, 0) is 0 Å². The van der Waals surface area contributed by atoms with Crippen molar-refractivity contribution in [1.29, 1.82) is 5.41 Å². The van der Waals surface area contributed by atoms with E-state index >= 15 is 0 Å². The predicted octanol–water partition coefficient (Wildman–Crippen LogP) is 2.10. The van der Waals surface area contributed by atoms with Crippen LogP contribution in [0.2, 0.25) is 0 Å². The van der Waals surface area contributed by atoms with E-state index in [1.807, 2.05) is 18.2 Å². The Bertz CT molecular complexity index is 328. The van der Waals surface area contributed by atoms with E-state index in [2.05, 4.69) is 6.26 Å². The second-order valence-corrected chi connectivity index (χ2v) is 4.09. The molecule has 0 fully saturated rings. The lowest BCUT2D eigenvalue weighted by atomic mass is 10.2. The molecular weight excluding hydrogens is 208 g/mol. The smallest absolute Gasteiger partial charge is 0.130 e. The van der Waals surface area contributed by atoms with Crippen molar-refractivity contribution >= 4 is 17.6 Å². The maximum absolute atomic E-state index is 7.39. The molecule has 1 aromatic rings. The largest absolute Gasteiger partial charge is 0.493 e. The first-order valence-corrected chi connectivity index (χ1v) is 6.20. The average molecular weight is 224 g/mol. The van der Waals surface area contributed by atoms with Crippen molar-refractivity contribution in [2.24, 2.45) is 5.73 Å². The molecule has 0 amide bonds. The number of ether oxygens (including phenoxy) is 1. The summed E-state index contributed by atoms with van der Waals surface area (Å²) < 4.78 is 5.57. The lowest BCUT2D eigenvalue weighted by Crippen LogP contribution is -2.13. The molecule has 3 nitrogen and oxygen atoms in total. The molecule has 0 unspecified atom stereocenters. The van der Waals surface area contributed by atoms with Gasteiger partial charge in [0.1, 0.15) is 11.6 Å². The van der Waals surface area contributed by atoms with Crippen LogP contribution in [-0.4, -0.2) is 24.5 Å². The normalized spacial score (nSPS) is 9.93. The van der Waals surface area contributed by atoms with Crippen molar-refractivity contribution < 1.29 is 4.74 Å². The van der Waals surface area contributed by atoms with Crippen LogP contribution in [0.1, 0.15) is 12.0 Å². The predicted molar refractivity (Wildman–Crippen MR) is 66.0 cm³/mol. The second kappa shape index (κ2) is 6.35. The molecule has 0 atom stereocenters. The summed E-state index contributed by atoms with van der Waals surface area (Å²) in [6.45, 7) is 0.672. The number of thioether (sulfide) groups is 1. The summed E-state index contributed by atoms with van der Waals surface area (Å²) in [5.41, 5.74) is 6.11. The molecule has 0 radical (unpaired) electrons. The fraction of sp³-hybridized carbons (Fsp3) is 0.364. The molecule has 3 N–H and O–H groups in total. The van der Waals surface area contributed by atoms with E-state index in [0.29, 0.717) is 17.9 Å². The summed E-state index contributed by atoms with van der Waals surface area (Å²) in [6.07, 6.45) is 3.08. The van der Waals surface area contributed by atoms with Gasteiger partial charge >= 0.3 is 0 Å². The summed E-state index contributed by atoms with van der Waals surface area (Å²) in [4.78, 5) is 0. The number of hydrogen-bond acceptors (Lipinski definition) is 3. The van der Waals surface area contributed by atoms with Gasteiger partial charge in [0.2, 0.25) is 0 Å². The van der Waals surface area contributed by atoms with Crippen LogP contribution < -0.4 is 10.5 Å². The molecule has 0 spiro atoms. The van der Waals surface area contributed by atoms with E-state index in [-0.39, 0.29) is 5.84 Å². The molecule has 0 bridgehead atoms. The van der Waals surface area contributed by atoms with Gasteiger partial charge in [-0.2, -0.15) is 11.8 Å². The monoisotopic (exact) mass is 224 g/mol. The molecule has 1 aromatic carbocycles. The van der Waals surface area contributed by atoms with Crippen LogP contribution in [0.4, 0.5) is 0 Å². The summed E-state index contributed by atoms with van der Waals surface area (Å²) in [5, 5.41) is 7.39. The minimum absolute atomic E-state index is 0.0514. The Labute approximate surface area is 94.5 Å². The molecule has 0 saturated carbocycles. The van der Waals surface area contributed by atoms with Crippen molar-refractivity contribution in [1.82, 2.24) is 0 Å². The number of amidine groups is 1. The van der Waals surface area contributed by atoms with Gasteiger partial charge in [-0.1, -0.05) is 12.1 Å². The summed E-state index contributed by atoms with van der Waals surface area (Å²) >= 11 is 1.80. The molecule has 0 aliphatic heterocycles. The van der Waals surface area contributed by atoms with Crippen LogP contribution in [0, 0.1) is 5.41 Å². The lowest BCUT2D eigenvalue weighted by Gasteiger charge is -2.09. The van der Waals surface area contributed by atoms with Crippen molar-refractivity contribution in [2.75, 3.05) is 18.6 Å². The van der Waals surface area contributed by atoms with E-state index < -0.39 is 0 Å². The van der Waals surface area contributed by atoms with E-state index in [1.165, 1.54) is 0 Å². The molecule has 0 saturated heterocycles. The van der Waals surface area contributed by atoms with Crippen LogP contribution in [0.15, 0.2) is 24.3 Å². The van der Waals surface area contributed by atoms with E-state index in [4.69, 9.17) is 15.9 Å². The Morgan fingerprint density at radius 3 is 2.87 bits per heavy atom. The Kier molecular flexibility index (Phi) is 5.04. The standard InChI is InChI=1S/C11H16N2OS/c1-15-8-4-7-14-10-6-3-2-5-9(10)11(12)13/h2-3,5-6H,4,7-8H2,1H3,(H3,12,13).